The number of nitriles is 1. The van der Waals surface area contributed by atoms with E-state index in [2.05, 4.69) is 37.0 Å². The molecular formula is C51H56F2N10O4S. The molecule has 3 atom stereocenters. The molecule has 8 rings (SSSR count). The largest absolute Gasteiger partial charge is 0.350 e. The monoisotopic (exact) mass is 942 g/mol. The average Bonchev–Trinajstić information content (AvgIpc) is 4.10. The summed E-state index contributed by atoms with van der Waals surface area (Å²) in [5.74, 6) is -2.95. The van der Waals surface area contributed by atoms with Crippen LogP contribution < -0.4 is 20.9 Å². The van der Waals surface area contributed by atoms with Crippen LogP contribution in [-0.4, -0.2) is 99.1 Å². The molecule has 2 aromatic carbocycles. The molecule has 0 spiro atoms. The van der Waals surface area contributed by atoms with Crippen molar-refractivity contribution in [3.8, 4) is 16.5 Å². The third-order valence-electron chi connectivity index (χ3n) is 13.1. The van der Waals surface area contributed by atoms with E-state index in [1.165, 1.54) is 6.20 Å². The van der Waals surface area contributed by atoms with Crippen LogP contribution in [0.3, 0.4) is 0 Å². The van der Waals surface area contributed by atoms with Gasteiger partial charge < -0.3 is 30.7 Å². The number of nitrogens with zero attached hydrogens (tertiary/aromatic N) is 7. The second-order valence-electron chi connectivity index (χ2n) is 19.1. The van der Waals surface area contributed by atoms with Gasteiger partial charge in [-0.2, -0.15) is 5.26 Å². The molecule has 17 heteroatoms. The Balaban J connectivity index is 0.902. The summed E-state index contributed by atoms with van der Waals surface area (Å²) in [5, 5.41) is 18.6. The van der Waals surface area contributed by atoms with Gasteiger partial charge in [-0.1, -0.05) is 51.1 Å². The van der Waals surface area contributed by atoms with Gasteiger partial charge in [-0.3, -0.25) is 19.2 Å². The number of pyridine rings is 2. The summed E-state index contributed by atoms with van der Waals surface area (Å²) in [6.45, 7) is 10.4. The van der Waals surface area contributed by atoms with Gasteiger partial charge in [-0.15, -0.1) is 11.3 Å². The maximum atomic E-state index is 14.4. The smallest absolute Gasteiger partial charge is 0.266 e. The van der Waals surface area contributed by atoms with Crippen LogP contribution >= 0.6 is 11.3 Å². The number of benzene rings is 2. The minimum absolute atomic E-state index is 0.00636. The molecule has 14 nitrogen and oxygen atoms in total. The highest BCUT2D eigenvalue weighted by Crippen LogP contribution is 2.36. The number of anilines is 3. The fourth-order valence-electron chi connectivity index (χ4n) is 9.25. The number of nitrogens with one attached hydrogen (secondary N) is 3. The normalized spacial score (nSPS) is 18.1. The minimum Gasteiger partial charge on any atom is -0.350 e. The highest BCUT2D eigenvalue weighted by Gasteiger charge is 2.43. The summed E-state index contributed by atoms with van der Waals surface area (Å²) in [4.78, 5) is 75.4. The molecule has 0 bridgehead atoms. The number of amides is 4. The van der Waals surface area contributed by atoms with Crippen LogP contribution in [0.15, 0.2) is 84.5 Å². The summed E-state index contributed by atoms with van der Waals surface area (Å²) in [5.41, 5.74) is 5.91. The standard InChI is InChI=1S/C51H56F2N10O4S/c1-31(34-11-13-36(14-12-34)44-32(2)56-30-68-44)57-47(65)40-10-7-20-63(40)49(67)45(50(3,4)5)60-46(64)37-8-6-9-38(25-37)48(66)61-21-16-35(17-22-61)39-26-42(58-41-24-33(28-54)15-19-55-41)59-43(27-39)62-23-18-51(52,53)29-62/h6,8-9,11-15,19,24-27,30-31,35,40,45H,7,10,16-18,20-23,29H2,1-5H3,(H,57,65)(H,60,64)(H,55,58,59)/t31-,40-,45+/m0/s1. The van der Waals surface area contributed by atoms with Crippen molar-refractivity contribution in [2.75, 3.05) is 42.9 Å². The van der Waals surface area contributed by atoms with Crippen molar-refractivity contribution in [1.29, 1.82) is 5.26 Å². The highest BCUT2D eigenvalue weighted by molar-refractivity contribution is 7.13. The molecule has 0 unspecified atom stereocenters. The van der Waals surface area contributed by atoms with Gasteiger partial charge >= 0.3 is 0 Å². The van der Waals surface area contributed by atoms with Crippen LogP contribution in [0.4, 0.5) is 26.2 Å². The van der Waals surface area contributed by atoms with Crippen LogP contribution in [0.25, 0.3) is 10.4 Å². The molecule has 0 radical (unpaired) electrons. The fraction of sp³-hybridized carbons (Fsp3) is 0.412. The zero-order valence-corrected chi connectivity index (χ0v) is 39.7. The molecule has 354 valence electrons. The second kappa shape index (κ2) is 19.8. The van der Waals surface area contributed by atoms with E-state index < -0.39 is 35.9 Å². The third-order valence-corrected chi connectivity index (χ3v) is 14.1. The molecule has 3 aliphatic rings. The quantitative estimate of drug-likeness (QED) is 0.110. The van der Waals surface area contributed by atoms with E-state index in [-0.39, 0.29) is 48.2 Å². The molecule has 4 amide bonds. The first-order valence-electron chi connectivity index (χ1n) is 23.1. The van der Waals surface area contributed by atoms with Crippen molar-refractivity contribution in [1.82, 2.24) is 35.4 Å². The van der Waals surface area contributed by atoms with Gasteiger partial charge in [0.2, 0.25) is 11.8 Å². The molecule has 3 aliphatic heterocycles. The molecule has 3 N–H and O–H groups in total. The number of hydrogen-bond donors (Lipinski definition) is 3. The van der Waals surface area contributed by atoms with Gasteiger partial charge in [0, 0.05) is 49.9 Å². The molecule has 3 fully saturated rings. The number of alkyl halides is 2. The third kappa shape index (κ3) is 10.8. The van der Waals surface area contributed by atoms with Crippen LogP contribution in [-0.2, 0) is 9.59 Å². The Hall–Kier alpha value is -6.80. The number of aromatic nitrogens is 3. The Morgan fingerprint density at radius 2 is 1.65 bits per heavy atom. The molecule has 0 aliphatic carbocycles. The number of thiazole rings is 1. The molecule has 0 saturated carbocycles. The zero-order valence-electron chi connectivity index (χ0n) is 38.9. The van der Waals surface area contributed by atoms with E-state index in [0.29, 0.717) is 73.9 Å². The minimum atomic E-state index is -2.82. The first kappa shape index (κ1) is 47.7. The molecule has 3 aromatic heterocycles. The van der Waals surface area contributed by atoms with E-state index in [9.17, 15) is 33.2 Å². The number of rotatable bonds is 12. The van der Waals surface area contributed by atoms with Crippen molar-refractivity contribution in [3.05, 3.63) is 118 Å². The molecular weight excluding hydrogens is 887 g/mol. The Bertz CT molecular complexity index is 2730. The van der Waals surface area contributed by atoms with Crippen molar-refractivity contribution in [3.63, 3.8) is 0 Å². The van der Waals surface area contributed by atoms with Crippen molar-refractivity contribution >= 4 is 52.4 Å². The summed E-state index contributed by atoms with van der Waals surface area (Å²) in [6, 6.07) is 21.5. The number of aryl methyl sites for hydroxylation is 1. The lowest BCUT2D eigenvalue weighted by atomic mass is 9.85. The highest BCUT2D eigenvalue weighted by atomic mass is 32.1. The number of piperidine rings is 1. The summed E-state index contributed by atoms with van der Waals surface area (Å²) in [6.07, 6.45) is 3.57. The lowest BCUT2D eigenvalue weighted by Gasteiger charge is -2.35. The molecule has 6 heterocycles. The first-order chi connectivity index (χ1) is 32.5. The van der Waals surface area contributed by atoms with Crippen molar-refractivity contribution in [2.45, 2.75) is 96.7 Å². The number of hydrogen-bond acceptors (Lipinski definition) is 11. The Kier molecular flexibility index (Phi) is 13.9. The lowest BCUT2D eigenvalue weighted by molar-refractivity contribution is -0.142. The number of carbonyl (C=O) groups is 4. The molecule has 68 heavy (non-hydrogen) atoms. The first-order valence-corrected chi connectivity index (χ1v) is 23.9. The number of likely N-dealkylation sites (tertiary alicyclic amines) is 2. The predicted octanol–water partition coefficient (Wildman–Crippen LogP) is 8.40. The van der Waals surface area contributed by atoms with Crippen LogP contribution in [0.1, 0.15) is 115 Å². The van der Waals surface area contributed by atoms with Gasteiger partial charge in [-0.05, 0) is 110 Å². The van der Waals surface area contributed by atoms with E-state index in [1.54, 1.807) is 62.4 Å². The summed E-state index contributed by atoms with van der Waals surface area (Å²) in [7, 11) is 0. The number of halogens is 2. The Labute approximate surface area is 399 Å². The van der Waals surface area contributed by atoms with E-state index >= 15 is 0 Å². The molecule has 3 saturated heterocycles. The van der Waals surface area contributed by atoms with Gasteiger partial charge in [-0.25, -0.2) is 23.7 Å². The summed E-state index contributed by atoms with van der Waals surface area (Å²) < 4.78 is 28.6. The van der Waals surface area contributed by atoms with Gasteiger partial charge in [0.1, 0.15) is 29.5 Å². The van der Waals surface area contributed by atoms with Gasteiger partial charge in [0.05, 0.1) is 40.3 Å². The van der Waals surface area contributed by atoms with Crippen molar-refractivity contribution in [2.24, 2.45) is 5.41 Å². The number of carbonyl (C=O) groups excluding carboxylic acids is 4. The van der Waals surface area contributed by atoms with Gasteiger partial charge in [0.25, 0.3) is 17.7 Å². The lowest BCUT2D eigenvalue weighted by Crippen LogP contribution is -2.57. The fourth-order valence-corrected chi connectivity index (χ4v) is 10.1. The zero-order chi connectivity index (χ0) is 48.3. The van der Waals surface area contributed by atoms with Crippen molar-refractivity contribution < 1.29 is 28.0 Å². The Morgan fingerprint density at radius 1 is 0.897 bits per heavy atom. The second-order valence-corrected chi connectivity index (χ2v) is 19.9. The SMILES string of the molecule is Cc1ncsc1-c1ccc([C@H](C)NC(=O)[C@@H]2CCCN2C(=O)[C@@H](NC(=O)c2cccc(C(=O)N3CCC(c4cc(Nc5cc(C#N)ccn5)nc(N5CCC(F)(F)C5)c4)CC3)c2)C(C)(C)C)cc1. The van der Waals surface area contributed by atoms with Crippen LogP contribution in [0, 0.1) is 23.7 Å². The average molecular weight is 943 g/mol. The maximum absolute atomic E-state index is 14.4. The maximum Gasteiger partial charge on any atom is 0.266 e. The topological polar surface area (TPSA) is 177 Å². The van der Waals surface area contributed by atoms with E-state index in [0.717, 1.165) is 27.3 Å². The molecule has 5 aromatic rings. The van der Waals surface area contributed by atoms with Crippen LogP contribution in [0.2, 0.25) is 0 Å². The van der Waals surface area contributed by atoms with Gasteiger partial charge in [0.15, 0.2) is 0 Å². The summed E-state index contributed by atoms with van der Waals surface area (Å²) >= 11 is 1.58. The van der Waals surface area contributed by atoms with Crippen LogP contribution in [0.5, 0.6) is 0 Å². The Morgan fingerprint density at radius 3 is 2.32 bits per heavy atom. The van der Waals surface area contributed by atoms with E-state index in [4.69, 9.17) is 0 Å². The predicted molar refractivity (Wildman–Crippen MR) is 257 cm³/mol. The van der Waals surface area contributed by atoms with E-state index in [1.807, 2.05) is 76.5 Å².